The van der Waals surface area contributed by atoms with Crippen molar-refractivity contribution in [1.29, 1.82) is 0 Å². The average molecular weight is 238 g/mol. The highest BCUT2D eigenvalue weighted by atomic mass is 16.5. The fourth-order valence-corrected chi connectivity index (χ4v) is 1.40. The monoisotopic (exact) mass is 238 g/mol. The van der Waals surface area contributed by atoms with Gasteiger partial charge >= 0.3 is 5.97 Å². The molecule has 94 valence electrons. The van der Waals surface area contributed by atoms with Gasteiger partial charge in [0, 0.05) is 18.9 Å². The van der Waals surface area contributed by atoms with E-state index >= 15 is 0 Å². The van der Waals surface area contributed by atoms with Gasteiger partial charge in [-0.3, -0.25) is 9.78 Å². The Balaban J connectivity index is 2.10. The summed E-state index contributed by atoms with van der Waals surface area (Å²) in [5.74, 6) is -0.395. The molecule has 5 nitrogen and oxygen atoms in total. The molecule has 1 rings (SSSR count). The largest absolute Gasteiger partial charge is 0.469 e. The second-order valence-corrected chi connectivity index (χ2v) is 3.74. The van der Waals surface area contributed by atoms with Crippen LogP contribution in [0.2, 0.25) is 0 Å². The van der Waals surface area contributed by atoms with Gasteiger partial charge in [-0.25, -0.2) is 0 Å². The number of methoxy groups -OCH3 is 1. The van der Waals surface area contributed by atoms with E-state index in [1.54, 1.807) is 12.4 Å². The van der Waals surface area contributed by atoms with Crippen molar-refractivity contribution in [1.82, 2.24) is 10.3 Å². The standard InChI is InChI=1S/C12H18N2O3/c1-17-12(16)8-11(15)9-14-7-4-10-2-5-13-6-3-10/h2-3,5-6,11,14-15H,4,7-9H2,1H3. The van der Waals surface area contributed by atoms with Crippen molar-refractivity contribution in [3.63, 3.8) is 0 Å². The summed E-state index contributed by atoms with van der Waals surface area (Å²) in [5, 5.41) is 12.6. The molecule has 1 heterocycles. The maximum atomic E-state index is 10.9. The second kappa shape index (κ2) is 7.76. The highest BCUT2D eigenvalue weighted by Gasteiger charge is 2.09. The quantitative estimate of drug-likeness (QED) is 0.522. The van der Waals surface area contributed by atoms with Gasteiger partial charge < -0.3 is 15.2 Å². The summed E-state index contributed by atoms with van der Waals surface area (Å²) in [6, 6.07) is 3.90. The molecule has 0 radical (unpaired) electrons. The Morgan fingerprint density at radius 3 is 2.88 bits per heavy atom. The van der Waals surface area contributed by atoms with Crippen molar-refractivity contribution in [2.45, 2.75) is 18.9 Å². The zero-order valence-electron chi connectivity index (χ0n) is 9.93. The number of esters is 1. The number of aromatic nitrogens is 1. The lowest BCUT2D eigenvalue weighted by Crippen LogP contribution is -2.30. The third-order valence-corrected chi connectivity index (χ3v) is 2.35. The van der Waals surface area contributed by atoms with E-state index in [4.69, 9.17) is 0 Å². The van der Waals surface area contributed by atoms with Crippen LogP contribution in [0.4, 0.5) is 0 Å². The Morgan fingerprint density at radius 2 is 2.24 bits per heavy atom. The molecule has 1 atom stereocenters. The SMILES string of the molecule is COC(=O)CC(O)CNCCc1ccncc1. The predicted molar refractivity (Wildman–Crippen MR) is 63.5 cm³/mol. The number of aliphatic hydroxyl groups is 1. The van der Waals surface area contributed by atoms with E-state index in [0.717, 1.165) is 13.0 Å². The van der Waals surface area contributed by atoms with E-state index in [1.807, 2.05) is 12.1 Å². The third kappa shape index (κ3) is 5.99. The van der Waals surface area contributed by atoms with E-state index in [2.05, 4.69) is 15.0 Å². The number of nitrogens with one attached hydrogen (secondary N) is 1. The molecule has 17 heavy (non-hydrogen) atoms. The minimum Gasteiger partial charge on any atom is -0.469 e. The molecule has 1 aromatic heterocycles. The van der Waals surface area contributed by atoms with Gasteiger partial charge in [-0.15, -0.1) is 0 Å². The molecular formula is C12H18N2O3. The first-order valence-corrected chi connectivity index (χ1v) is 5.57. The molecule has 0 aromatic carbocycles. The molecule has 0 fully saturated rings. The smallest absolute Gasteiger partial charge is 0.308 e. The maximum absolute atomic E-state index is 10.9. The lowest BCUT2D eigenvalue weighted by atomic mass is 10.2. The summed E-state index contributed by atoms with van der Waals surface area (Å²) >= 11 is 0. The number of carbonyl (C=O) groups is 1. The number of hydrogen-bond donors (Lipinski definition) is 2. The van der Waals surface area contributed by atoms with E-state index in [9.17, 15) is 9.90 Å². The lowest BCUT2D eigenvalue weighted by molar-refractivity contribution is -0.142. The van der Waals surface area contributed by atoms with Crippen molar-refractivity contribution < 1.29 is 14.6 Å². The first kappa shape index (κ1) is 13.6. The van der Waals surface area contributed by atoms with Crippen LogP contribution in [0.1, 0.15) is 12.0 Å². The Hall–Kier alpha value is -1.46. The molecule has 0 spiro atoms. The van der Waals surface area contributed by atoms with E-state index < -0.39 is 12.1 Å². The van der Waals surface area contributed by atoms with Crippen LogP contribution in [0.5, 0.6) is 0 Å². The fourth-order valence-electron chi connectivity index (χ4n) is 1.40. The van der Waals surface area contributed by atoms with Crippen molar-refractivity contribution in [2.24, 2.45) is 0 Å². The minimum absolute atomic E-state index is 0.0265. The maximum Gasteiger partial charge on any atom is 0.308 e. The van der Waals surface area contributed by atoms with Gasteiger partial charge in [-0.2, -0.15) is 0 Å². The summed E-state index contributed by atoms with van der Waals surface area (Å²) in [6.45, 7) is 1.14. The van der Waals surface area contributed by atoms with E-state index in [-0.39, 0.29) is 6.42 Å². The van der Waals surface area contributed by atoms with Crippen LogP contribution in [-0.2, 0) is 16.0 Å². The molecule has 0 amide bonds. The molecule has 2 N–H and O–H groups in total. The number of nitrogens with zero attached hydrogens (tertiary/aromatic N) is 1. The fraction of sp³-hybridized carbons (Fsp3) is 0.500. The molecule has 0 aliphatic heterocycles. The average Bonchev–Trinajstić information content (AvgIpc) is 2.36. The van der Waals surface area contributed by atoms with Gasteiger partial charge in [0.25, 0.3) is 0 Å². The summed E-state index contributed by atoms with van der Waals surface area (Å²) in [4.78, 5) is 14.8. The number of ether oxygens (including phenoxy) is 1. The minimum atomic E-state index is -0.695. The lowest BCUT2D eigenvalue weighted by Gasteiger charge is -2.10. The molecule has 1 aromatic rings. The molecule has 0 saturated heterocycles. The number of aliphatic hydroxyl groups excluding tert-OH is 1. The first-order chi connectivity index (χ1) is 8.22. The van der Waals surface area contributed by atoms with Crippen LogP contribution in [0.3, 0.4) is 0 Å². The summed E-state index contributed by atoms with van der Waals surface area (Å²) in [5.41, 5.74) is 1.19. The van der Waals surface area contributed by atoms with Gasteiger partial charge in [-0.1, -0.05) is 0 Å². The van der Waals surface area contributed by atoms with E-state index in [1.165, 1.54) is 12.7 Å². The summed E-state index contributed by atoms with van der Waals surface area (Å²) in [7, 11) is 1.31. The summed E-state index contributed by atoms with van der Waals surface area (Å²) < 4.78 is 4.46. The number of rotatable bonds is 7. The van der Waals surface area contributed by atoms with Crippen LogP contribution in [0, 0.1) is 0 Å². The molecule has 1 unspecified atom stereocenters. The van der Waals surface area contributed by atoms with Gasteiger partial charge in [0.15, 0.2) is 0 Å². The highest BCUT2D eigenvalue weighted by Crippen LogP contribution is 1.96. The third-order valence-electron chi connectivity index (χ3n) is 2.35. The van der Waals surface area contributed by atoms with Crippen LogP contribution in [-0.4, -0.2) is 42.4 Å². The second-order valence-electron chi connectivity index (χ2n) is 3.74. The Morgan fingerprint density at radius 1 is 1.53 bits per heavy atom. The summed E-state index contributed by atoms with van der Waals surface area (Å²) in [6.07, 6.45) is 3.70. The van der Waals surface area contributed by atoms with Gasteiger partial charge in [0.05, 0.1) is 19.6 Å². The first-order valence-electron chi connectivity index (χ1n) is 5.57. The topological polar surface area (TPSA) is 71.5 Å². The van der Waals surface area contributed by atoms with Crippen molar-refractivity contribution in [3.8, 4) is 0 Å². The molecule has 0 aliphatic carbocycles. The van der Waals surface area contributed by atoms with E-state index in [0.29, 0.717) is 6.54 Å². The molecule has 5 heteroatoms. The van der Waals surface area contributed by atoms with Crippen molar-refractivity contribution in [3.05, 3.63) is 30.1 Å². The van der Waals surface area contributed by atoms with Gasteiger partial charge in [-0.05, 0) is 30.7 Å². The number of hydrogen-bond acceptors (Lipinski definition) is 5. The number of pyridine rings is 1. The van der Waals surface area contributed by atoms with Crippen LogP contribution in [0.15, 0.2) is 24.5 Å². The van der Waals surface area contributed by atoms with Crippen molar-refractivity contribution >= 4 is 5.97 Å². The zero-order chi connectivity index (χ0) is 12.5. The Bertz CT molecular complexity index is 330. The Kier molecular flexibility index (Phi) is 6.21. The van der Waals surface area contributed by atoms with Crippen molar-refractivity contribution in [2.75, 3.05) is 20.2 Å². The van der Waals surface area contributed by atoms with Crippen LogP contribution < -0.4 is 5.32 Å². The molecule has 0 aliphatic rings. The molecule has 0 bridgehead atoms. The van der Waals surface area contributed by atoms with Crippen LogP contribution in [0.25, 0.3) is 0 Å². The molecular weight excluding hydrogens is 220 g/mol. The molecule has 0 saturated carbocycles. The van der Waals surface area contributed by atoms with Crippen LogP contribution >= 0.6 is 0 Å². The van der Waals surface area contributed by atoms with Gasteiger partial charge in [0.2, 0.25) is 0 Å². The Labute approximate surface area is 101 Å². The predicted octanol–water partition coefficient (Wildman–Crippen LogP) is 0.138. The zero-order valence-corrected chi connectivity index (χ0v) is 9.93. The number of carbonyl (C=O) groups excluding carboxylic acids is 1. The van der Waals surface area contributed by atoms with Gasteiger partial charge in [0.1, 0.15) is 0 Å². The highest BCUT2D eigenvalue weighted by molar-refractivity contribution is 5.69. The normalized spacial score (nSPS) is 12.1.